The first-order chi connectivity index (χ1) is 9.04. The minimum absolute atomic E-state index is 0.00853. The molecule has 1 aliphatic heterocycles. The van der Waals surface area contributed by atoms with Crippen LogP contribution in [0, 0.1) is 17.6 Å². The van der Waals surface area contributed by atoms with Crippen LogP contribution in [0.2, 0.25) is 0 Å². The average Bonchev–Trinajstić information content (AvgIpc) is 2.76. The van der Waals surface area contributed by atoms with Gasteiger partial charge in [0.1, 0.15) is 0 Å². The predicted molar refractivity (Wildman–Crippen MR) is 70.1 cm³/mol. The third kappa shape index (κ3) is 2.89. The lowest BCUT2D eigenvalue weighted by molar-refractivity contribution is -0.131. The van der Waals surface area contributed by atoms with E-state index in [1.165, 1.54) is 12.1 Å². The van der Waals surface area contributed by atoms with E-state index in [0.29, 0.717) is 18.3 Å². The second-order valence-electron chi connectivity index (χ2n) is 4.96. The molecule has 0 saturated carbocycles. The zero-order valence-electron chi connectivity index (χ0n) is 10.7. The van der Waals surface area contributed by atoms with Crippen molar-refractivity contribution in [3.8, 4) is 0 Å². The van der Waals surface area contributed by atoms with E-state index < -0.39 is 11.6 Å². The van der Waals surface area contributed by atoms with Gasteiger partial charge < -0.3 is 4.90 Å². The number of carbonyl (C=O) groups excluding carboxylic acids is 1. The molecule has 1 fully saturated rings. The Balaban J connectivity index is 2.11. The number of likely N-dealkylation sites (tertiary alicyclic amines) is 1. The second-order valence-corrected chi connectivity index (χ2v) is 5.27. The van der Waals surface area contributed by atoms with Gasteiger partial charge in [-0.1, -0.05) is 19.1 Å². The minimum Gasteiger partial charge on any atom is -0.338 e. The molecule has 0 aliphatic carbocycles. The van der Waals surface area contributed by atoms with Gasteiger partial charge in [0, 0.05) is 24.0 Å². The van der Waals surface area contributed by atoms with Crippen molar-refractivity contribution in [3.05, 3.63) is 35.4 Å². The number of rotatable bonds is 3. The summed E-state index contributed by atoms with van der Waals surface area (Å²) in [4.78, 5) is 13.9. The topological polar surface area (TPSA) is 20.3 Å². The maximum Gasteiger partial charge on any atom is 0.227 e. The Bertz CT molecular complexity index is 481. The predicted octanol–water partition coefficient (Wildman–Crippen LogP) is 2.98. The second kappa shape index (κ2) is 5.87. The van der Waals surface area contributed by atoms with Crippen molar-refractivity contribution in [1.29, 1.82) is 0 Å². The van der Waals surface area contributed by atoms with Crippen LogP contribution in [0.25, 0.3) is 0 Å². The first kappa shape index (κ1) is 14.3. The molecule has 1 aromatic rings. The fraction of sp³-hybridized carbons (Fsp3) is 0.500. The van der Waals surface area contributed by atoms with Gasteiger partial charge in [0.15, 0.2) is 11.6 Å². The molecule has 1 aromatic carbocycles. The van der Waals surface area contributed by atoms with Crippen molar-refractivity contribution in [2.24, 2.45) is 5.92 Å². The van der Waals surface area contributed by atoms with Gasteiger partial charge in [-0.15, -0.1) is 11.6 Å². The number of carbonyl (C=O) groups is 1. The zero-order chi connectivity index (χ0) is 14.0. The summed E-state index contributed by atoms with van der Waals surface area (Å²) >= 11 is 5.87. The zero-order valence-corrected chi connectivity index (χ0v) is 11.5. The normalized spacial score (nSPS) is 22.8. The number of halogens is 3. The first-order valence-corrected chi connectivity index (χ1v) is 6.86. The summed E-state index contributed by atoms with van der Waals surface area (Å²) in [6.07, 6.45) is 0.776. The standard InChI is InChI=1S/C14H16ClF2NO/c1-9-5-6-18(12(9)8-15)13(19)7-10-3-2-4-11(16)14(10)17/h2-4,9,12H,5-8H2,1H3. The smallest absolute Gasteiger partial charge is 0.227 e. The fourth-order valence-corrected chi connectivity index (χ4v) is 2.97. The lowest BCUT2D eigenvalue weighted by Crippen LogP contribution is -2.39. The Morgan fingerprint density at radius 1 is 1.47 bits per heavy atom. The molecular weight excluding hydrogens is 272 g/mol. The number of nitrogens with zero attached hydrogens (tertiary/aromatic N) is 1. The number of benzene rings is 1. The molecule has 1 saturated heterocycles. The number of amides is 1. The Kier molecular flexibility index (Phi) is 4.40. The van der Waals surface area contributed by atoms with E-state index in [-0.39, 0.29) is 23.9 Å². The highest BCUT2D eigenvalue weighted by Gasteiger charge is 2.33. The molecule has 1 aliphatic rings. The lowest BCUT2D eigenvalue weighted by Gasteiger charge is -2.25. The van der Waals surface area contributed by atoms with Crippen LogP contribution in [0.1, 0.15) is 18.9 Å². The lowest BCUT2D eigenvalue weighted by atomic mass is 10.0. The number of alkyl halides is 1. The molecule has 5 heteroatoms. The minimum atomic E-state index is -0.939. The van der Waals surface area contributed by atoms with Crippen LogP contribution in [0.15, 0.2) is 18.2 Å². The van der Waals surface area contributed by atoms with Crippen molar-refractivity contribution >= 4 is 17.5 Å². The fourth-order valence-electron chi connectivity index (χ4n) is 2.50. The van der Waals surface area contributed by atoms with E-state index in [1.807, 2.05) is 6.92 Å². The third-order valence-corrected chi connectivity index (χ3v) is 4.05. The van der Waals surface area contributed by atoms with Crippen LogP contribution in [-0.4, -0.2) is 29.3 Å². The average molecular weight is 288 g/mol. The van der Waals surface area contributed by atoms with E-state index in [1.54, 1.807) is 4.90 Å². The summed E-state index contributed by atoms with van der Waals surface area (Å²) in [5.41, 5.74) is 0.0953. The molecule has 19 heavy (non-hydrogen) atoms. The van der Waals surface area contributed by atoms with E-state index in [0.717, 1.165) is 12.5 Å². The van der Waals surface area contributed by atoms with Crippen LogP contribution in [-0.2, 0) is 11.2 Å². The monoisotopic (exact) mass is 287 g/mol. The molecule has 2 atom stereocenters. The highest BCUT2D eigenvalue weighted by molar-refractivity contribution is 6.18. The Morgan fingerprint density at radius 3 is 2.89 bits per heavy atom. The van der Waals surface area contributed by atoms with Crippen LogP contribution >= 0.6 is 11.6 Å². The SMILES string of the molecule is CC1CCN(C(=O)Cc2cccc(F)c2F)C1CCl. The van der Waals surface area contributed by atoms with Gasteiger partial charge in [-0.2, -0.15) is 0 Å². The van der Waals surface area contributed by atoms with E-state index >= 15 is 0 Å². The Morgan fingerprint density at radius 2 is 2.21 bits per heavy atom. The molecule has 0 N–H and O–H groups in total. The van der Waals surface area contributed by atoms with E-state index in [4.69, 9.17) is 11.6 Å². The highest BCUT2D eigenvalue weighted by Crippen LogP contribution is 2.26. The molecule has 0 radical (unpaired) electrons. The van der Waals surface area contributed by atoms with Gasteiger partial charge in [-0.3, -0.25) is 4.79 Å². The molecule has 0 bridgehead atoms. The Hall–Kier alpha value is -1.16. The Labute approximate surface area is 116 Å². The van der Waals surface area contributed by atoms with Gasteiger partial charge in [0.25, 0.3) is 0 Å². The summed E-state index contributed by atoms with van der Waals surface area (Å²) in [6.45, 7) is 2.68. The van der Waals surface area contributed by atoms with Crippen LogP contribution in [0.3, 0.4) is 0 Å². The third-order valence-electron chi connectivity index (χ3n) is 3.73. The molecule has 1 heterocycles. The maximum atomic E-state index is 13.5. The molecule has 0 spiro atoms. The van der Waals surface area contributed by atoms with E-state index in [9.17, 15) is 13.6 Å². The summed E-state index contributed by atoms with van der Waals surface area (Å²) in [5, 5.41) is 0. The van der Waals surface area contributed by atoms with Gasteiger partial charge in [-0.25, -0.2) is 8.78 Å². The number of hydrogen-bond acceptors (Lipinski definition) is 1. The summed E-state index contributed by atoms with van der Waals surface area (Å²) in [6, 6.07) is 3.88. The van der Waals surface area contributed by atoms with Gasteiger partial charge >= 0.3 is 0 Å². The molecule has 1 amide bonds. The number of hydrogen-bond donors (Lipinski definition) is 0. The molecule has 2 rings (SSSR count). The molecular formula is C14H16ClF2NO. The molecule has 104 valence electrons. The largest absolute Gasteiger partial charge is 0.338 e. The highest BCUT2D eigenvalue weighted by atomic mass is 35.5. The van der Waals surface area contributed by atoms with Gasteiger partial charge in [0.05, 0.1) is 6.42 Å². The first-order valence-electron chi connectivity index (χ1n) is 6.33. The van der Waals surface area contributed by atoms with Crippen molar-refractivity contribution < 1.29 is 13.6 Å². The summed E-state index contributed by atoms with van der Waals surface area (Å²) in [7, 11) is 0. The molecule has 2 unspecified atom stereocenters. The van der Waals surface area contributed by atoms with Crippen LogP contribution in [0.4, 0.5) is 8.78 Å². The van der Waals surface area contributed by atoms with Crippen LogP contribution in [0.5, 0.6) is 0 Å². The van der Waals surface area contributed by atoms with Crippen molar-refractivity contribution in [3.63, 3.8) is 0 Å². The summed E-state index contributed by atoms with van der Waals surface area (Å²) in [5.74, 6) is -1.34. The maximum absolute atomic E-state index is 13.5. The summed E-state index contributed by atoms with van der Waals surface area (Å²) < 4.78 is 26.6. The van der Waals surface area contributed by atoms with Gasteiger partial charge in [0.2, 0.25) is 5.91 Å². The molecule has 2 nitrogen and oxygen atoms in total. The van der Waals surface area contributed by atoms with Crippen molar-refractivity contribution in [2.45, 2.75) is 25.8 Å². The van der Waals surface area contributed by atoms with Crippen molar-refractivity contribution in [1.82, 2.24) is 4.90 Å². The van der Waals surface area contributed by atoms with Gasteiger partial charge in [-0.05, 0) is 18.4 Å². The molecule has 0 aromatic heterocycles. The van der Waals surface area contributed by atoms with Crippen LogP contribution < -0.4 is 0 Å². The van der Waals surface area contributed by atoms with Crippen molar-refractivity contribution in [2.75, 3.05) is 12.4 Å². The van der Waals surface area contributed by atoms with E-state index in [2.05, 4.69) is 0 Å². The quantitative estimate of drug-likeness (QED) is 0.783.